The summed E-state index contributed by atoms with van der Waals surface area (Å²) >= 11 is 3.54. The molecule has 2 aromatic carbocycles. The van der Waals surface area contributed by atoms with Crippen LogP contribution in [0.1, 0.15) is 24.1 Å². The molecule has 0 saturated heterocycles. The molecule has 0 aliphatic carbocycles. The van der Waals surface area contributed by atoms with Crippen LogP contribution in [0.5, 0.6) is 11.5 Å². The molecule has 2 rings (SSSR count). The van der Waals surface area contributed by atoms with Gasteiger partial charge in [0.15, 0.2) is 11.5 Å². The highest BCUT2D eigenvalue weighted by molar-refractivity contribution is 9.10. The summed E-state index contributed by atoms with van der Waals surface area (Å²) < 4.78 is 12.4. The predicted molar refractivity (Wildman–Crippen MR) is 92.1 cm³/mol. The van der Waals surface area contributed by atoms with Gasteiger partial charge < -0.3 is 20.9 Å². The summed E-state index contributed by atoms with van der Waals surface area (Å²) in [6.07, 6.45) is 0. The summed E-state index contributed by atoms with van der Waals surface area (Å²) in [4.78, 5) is 0. The molecule has 0 fully saturated rings. The number of halogens is 1. The molecule has 1 unspecified atom stereocenters. The maximum absolute atomic E-state index is 6.00. The first-order valence-electron chi connectivity index (χ1n) is 7.24. The molecule has 4 nitrogen and oxygen atoms in total. The summed E-state index contributed by atoms with van der Waals surface area (Å²) in [6, 6.07) is 13.6. The molecule has 22 heavy (non-hydrogen) atoms. The fraction of sp³-hybridized carbons (Fsp3) is 0.294. The first kappa shape index (κ1) is 16.8. The highest BCUT2D eigenvalue weighted by Gasteiger charge is 2.15. The van der Waals surface area contributed by atoms with Gasteiger partial charge in [-0.15, -0.1) is 0 Å². The minimum atomic E-state index is -0.223. The van der Waals surface area contributed by atoms with Crippen molar-refractivity contribution in [2.24, 2.45) is 11.5 Å². The van der Waals surface area contributed by atoms with E-state index in [0.29, 0.717) is 31.3 Å². The zero-order valence-corrected chi connectivity index (χ0v) is 14.2. The minimum absolute atomic E-state index is 0.223. The predicted octanol–water partition coefficient (Wildman–Crippen LogP) is 3.39. The summed E-state index contributed by atoms with van der Waals surface area (Å²) in [5.74, 6) is 1.35. The van der Waals surface area contributed by atoms with E-state index in [2.05, 4.69) is 15.9 Å². The molecule has 0 heterocycles. The van der Waals surface area contributed by atoms with E-state index in [1.807, 2.05) is 49.4 Å². The van der Waals surface area contributed by atoms with Crippen LogP contribution in [0.2, 0.25) is 0 Å². The second-order valence-corrected chi connectivity index (χ2v) is 5.73. The van der Waals surface area contributed by atoms with Crippen molar-refractivity contribution in [3.05, 3.63) is 58.1 Å². The van der Waals surface area contributed by atoms with Gasteiger partial charge >= 0.3 is 0 Å². The van der Waals surface area contributed by atoms with E-state index >= 15 is 0 Å². The van der Waals surface area contributed by atoms with E-state index in [4.69, 9.17) is 20.9 Å². The van der Waals surface area contributed by atoms with Crippen LogP contribution in [-0.2, 0) is 6.61 Å². The Morgan fingerprint density at radius 3 is 2.50 bits per heavy atom. The van der Waals surface area contributed by atoms with Gasteiger partial charge in [-0.2, -0.15) is 0 Å². The highest BCUT2D eigenvalue weighted by atomic mass is 79.9. The van der Waals surface area contributed by atoms with E-state index in [1.54, 1.807) is 0 Å². The van der Waals surface area contributed by atoms with Gasteiger partial charge in [0, 0.05) is 12.6 Å². The van der Waals surface area contributed by atoms with Crippen LogP contribution >= 0.6 is 15.9 Å². The lowest BCUT2D eigenvalue weighted by Crippen LogP contribution is -2.20. The molecule has 0 bridgehead atoms. The Labute approximate surface area is 139 Å². The number of rotatable bonds is 7. The van der Waals surface area contributed by atoms with Crippen LogP contribution in [0, 0.1) is 0 Å². The third-order valence-electron chi connectivity index (χ3n) is 3.24. The third kappa shape index (κ3) is 4.22. The van der Waals surface area contributed by atoms with E-state index in [-0.39, 0.29) is 6.04 Å². The molecule has 0 radical (unpaired) electrons. The van der Waals surface area contributed by atoms with Gasteiger partial charge in [0.25, 0.3) is 0 Å². The fourth-order valence-corrected chi connectivity index (χ4v) is 2.65. The molecule has 5 heteroatoms. The highest BCUT2D eigenvalue weighted by Crippen LogP contribution is 2.38. The standard InChI is InChI=1S/C17H21BrN2O2/c1-2-21-16-9-13(15(20)10-19)8-14(18)17(16)22-11-12-6-4-3-5-7-12/h3-9,15H,2,10-11,19-20H2,1H3. The number of ether oxygens (including phenoxy) is 2. The lowest BCUT2D eigenvalue weighted by Gasteiger charge is -2.17. The van der Waals surface area contributed by atoms with Gasteiger partial charge in [0.05, 0.1) is 11.1 Å². The molecular weight excluding hydrogens is 344 g/mol. The molecule has 0 saturated carbocycles. The first-order chi connectivity index (χ1) is 10.7. The van der Waals surface area contributed by atoms with Crippen LogP contribution in [0.4, 0.5) is 0 Å². The number of nitrogens with two attached hydrogens (primary N) is 2. The topological polar surface area (TPSA) is 70.5 Å². The van der Waals surface area contributed by atoms with Crippen LogP contribution < -0.4 is 20.9 Å². The average Bonchev–Trinajstić information content (AvgIpc) is 2.54. The molecule has 4 N–H and O–H groups in total. The number of hydrogen-bond acceptors (Lipinski definition) is 4. The molecule has 0 spiro atoms. The Balaban J connectivity index is 2.25. The van der Waals surface area contributed by atoms with Gasteiger partial charge in [-0.05, 0) is 46.1 Å². The molecular formula is C17H21BrN2O2. The van der Waals surface area contributed by atoms with Crippen LogP contribution in [0.15, 0.2) is 46.9 Å². The van der Waals surface area contributed by atoms with Crippen molar-refractivity contribution in [3.63, 3.8) is 0 Å². The summed E-state index contributed by atoms with van der Waals surface area (Å²) in [7, 11) is 0. The molecule has 1 atom stereocenters. The summed E-state index contributed by atoms with van der Waals surface area (Å²) in [5.41, 5.74) is 13.7. The van der Waals surface area contributed by atoms with Crippen molar-refractivity contribution in [3.8, 4) is 11.5 Å². The Kier molecular flexibility index (Phi) is 6.24. The smallest absolute Gasteiger partial charge is 0.175 e. The molecule has 0 amide bonds. The normalized spacial score (nSPS) is 12.0. The van der Waals surface area contributed by atoms with E-state index in [1.165, 1.54) is 0 Å². The second kappa shape index (κ2) is 8.17. The average molecular weight is 365 g/mol. The molecule has 0 aliphatic heterocycles. The zero-order chi connectivity index (χ0) is 15.9. The van der Waals surface area contributed by atoms with Crippen LogP contribution in [0.3, 0.4) is 0 Å². The van der Waals surface area contributed by atoms with Crippen molar-refractivity contribution >= 4 is 15.9 Å². The first-order valence-corrected chi connectivity index (χ1v) is 8.03. The van der Waals surface area contributed by atoms with Crippen LogP contribution in [0.25, 0.3) is 0 Å². The van der Waals surface area contributed by atoms with Crippen molar-refractivity contribution in [2.75, 3.05) is 13.2 Å². The Bertz CT molecular complexity index is 605. The largest absolute Gasteiger partial charge is 0.490 e. The number of benzene rings is 2. The van der Waals surface area contributed by atoms with E-state index in [0.717, 1.165) is 15.6 Å². The van der Waals surface area contributed by atoms with E-state index < -0.39 is 0 Å². The monoisotopic (exact) mass is 364 g/mol. The summed E-state index contributed by atoms with van der Waals surface area (Å²) in [6.45, 7) is 3.34. The fourth-order valence-electron chi connectivity index (χ4n) is 2.07. The van der Waals surface area contributed by atoms with E-state index in [9.17, 15) is 0 Å². The van der Waals surface area contributed by atoms with Gasteiger partial charge in [-0.3, -0.25) is 0 Å². The molecule has 0 aliphatic rings. The van der Waals surface area contributed by atoms with Gasteiger partial charge in [-0.1, -0.05) is 30.3 Å². The third-order valence-corrected chi connectivity index (χ3v) is 3.83. The SMILES string of the molecule is CCOc1cc(C(N)CN)cc(Br)c1OCc1ccccc1. The van der Waals surface area contributed by atoms with Crippen molar-refractivity contribution in [1.29, 1.82) is 0 Å². The Hall–Kier alpha value is -1.56. The maximum Gasteiger partial charge on any atom is 0.175 e. The molecule has 118 valence electrons. The minimum Gasteiger partial charge on any atom is -0.490 e. The van der Waals surface area contributed by atoms with Crippen molar-refractivity contribution < 1.29 is 9.47 Å². The number of hydrogen-bond donors (Lipinski definition) is 2. The molecule has 0 aromatic heterocycles. The Morgan fingerprint density at radius 1 is 1.14 bits per heavy atom. The molecule has 2 aromatic rings. The lowest BCUT2D eigenvalue weighted by molar-refractivity contribution is 0.267. The summed E-state index contributed by atoms with van der Waals surface area (Å²) in [5, 5.41) is 0. The van der Waals surface area contributed by atoms with Crippen molar-refractivity contribution in [1.82, 2.24) is 0 Å². The van der Waals surface area contributed by atoms with Gasteiger partial charge in [0.1, 0.15) is 6.61 Å². The van der Waals surface area contributed by atoms with Crippen molar-refractivity contribution in [2.45, 2.75) is 19.6 Å². The second-order valence-electron chi connectivity index (χ2n) is 4.88. The van der Waals surface area contributed by atoms with Gasteiger partial charge in [-0.25, -0.2) is 0 Å². The lowest BCUT2D eigenvalue weighted by atomic mass is 10.1. The quantitative estimate of drug-likeness (QED) is 0.789. The van der Waals surface area contributed by atoms with Gasteiger partial charge in [0.2, 0.25) is 0 Å². The maximum atomic E-state index is 6.00. The Morgan fingerprint density at radius 2 is 1.86 bits per heavy atom. The zero-order valence-electron chi connectivity index (χ0n) is 12.6. The van der Waals surface area contributed by atoms with Crippen LogP contribution in [-0.4, -0.2) is 13.2 Å².